The number of likely N-dealkylation sites (tertiary alicyclic amines) is 1. The molecule has 0 bridgehead atoms. The number of amides is 1. The van der Waals surface area contributed by atoms with Crippen LogP contribution >= 0.6 is 0 Å². The van der Waals surface area contributed by atoms with E-state index in [4.69, 9.17) is 0 Å². The first kappa shape index (κ1) is 15.1. The van der Waals surface area contributed by atoms with Gasteiger partial charge in [0.25, 0.3) is 0 Å². The van der Waals surface area contributed by atoms with E-state index in [1.54, 1.807) is 18.6 Å². The molecule has 2 aliphatic rings. The third kappa shape index (κ3) is 2.72. The van der Waals surface area contributed by atoms with Crippen LogP contribution in [0.2, 0.25) is 0 Å². The number of anilines is 1. The largest absolute Gasteiger partial charge is 0.341 e. The second-order valence-corrected chi connectivity index (χ2v) is 6.60. The Morgan fingerprint density at radius 2 is 1.83 bits per heavy atom. The van der Waals surface area contributed by atoms with E-state index in [2.05, 4.69) is 24.8 Å². The quantitative estimate of drug-likeness (QED) is 0.865. The average molecular weight is 323 g/mol. The summed E-state index contributed by atoms with van der Waals surface area (Å²) in [5.74, 6) is 1.05. The monoisotopic (exact) mass is 323 g/mol. The molecule has 0 atom stereocenters. The average Bonchev–Trinajstić information content (AvgIpc) is 2.94. The van der Waals surface area contributed by atoms with E-state index in [1.165, 1.54) is 0 Å². The second kappa shape index (κ2) is 6.19. The highest BCUT2D eigenvalue weighted by molar-refractivity contribution is 5.79. The van der Waals surface area contributed by atoms with Gasteiger partial charge in [-0.2, -0.15) is 0 Å². The fraction of sp³-hybridized carbons (Fsp3) is 0.444. The molecule has 0 unspecified atom stereocenters. The number of carbonyl (C=O) groups is 1. The Hall–Kier alpha value is -2.50. The van der Waals surface area contributed by atoms with Gasteiger partial charge in [-0.1, -0.05) is 6.07 Å². The fourth-order valence-corrected chi connectivity index (χ4v) is 3.90. The molecule has 2 saturated heterocycles. The summed E-state index contributed by atoms with van der Waals surface area (Å²) in [5.41, 5.74) is 1.08. The van der Waals surface area contributed by atoms with Gasteiger partial charge < -0.3 is 9.80 Å². The maximum atomic E-state index is 12.5. The molecule has 0 N–H and O–H groups in total. The Morgan fingerprint density at radius 3 is 2.54 bits per heavy atom. The van der Waals surface area contributed by atoms with E-state index >= 15 is 0 Å². The Bertz CT molecular complexity index is 698. The number of hydrogen-bond acceptors (Lipinski definition) is 5. The fourth-order valence-electron chi connectivity index (χ4n) is 3.90. The van der Waals surface area contributed by atoms with E-state index in [0.717, 1.165) is 43.9 Å². The van der Waals surface area contributed by atoms with Crippen LogP contribution in [0.15, 0.2) is 43.0 Å². The van der Waals surface area contributed by atoms with Crippen molar-refractivity contribution in [2.75, 3.05) is 18.0 Å². The highest BCUT2D eigenvalue weighted by atomic mass is 16.2. The Morgan fingerprint density at radius 1 is 1.04 bits per heavy atom. The minimum absolute atomic E-state index is 0.0157. The molecular weight excluding hydrogens is 302 g/mol. The number of carbonyl (C=O) groups excluding carboxylic acids is 1. The minimum Gasteiger partial charge on any atom is -0.341 e. The van der Waals surface area contributed by atoms with Crippen molar-refractivity contribution < 1.29 is 4.79 Å². The van der Waals surface area contributed by atoms with Gasteiger partial charge in [0.05, 0.1) is 0 Å². The molecule has 124 valence electrons. The molecule has 6 heteroatoms. The maximum absolute atomic E-state index is 12.5. The highest BCUT2D eigenvalue weighted by Gasteiger charge is 2.46. The van der Waals surface area contributed by atoms with Crippen molar-refractivity contribution in [2.24, 2.45) is 0 Å². The van der Waals surface area contributed by atoms with E-state index in [1.807, 2.05) is 24.4 Å². The van der Waals surface area contributed by atoms with Crippen molar-refractivity contribution in [3.8, 4) is 0 Å². The van der Waals surface area contributed by atoms with Crippen LogP contribution in [0.1, 0.15) is 31.2 Å². The molecule has 6 nitrogen and oxygen atoms in total. The lowest BCUT2D eigenvalue weighted by molar-refractivity contribution is -0.132. The molecule has 4 heterocycles. The first-order chi connectivity index (χ1) is 11.8. The molecule has 0 saturated carbocycles. The van der Waals surface area contributed by atoms with E-state index in [9.17, 15) is 4.79 Å². The molecule has 0 aromatic carbocycles. The van der Waals surface area contributed by atoms with Crippen LogP contribution in [0.5, 0.6) is 0 Å². The van der Waals surface area contributed by atoms with E-state index in [-0.39, 0.29) is 11.4 Å². The van der Waals surface area contributed by atoms with Crippen LogP contribution in [-0.4, -0.2) is 44.4 Å². The number of hydrogen-bond donors (Lipinski definition) is 0. The summed E-state index contributed by atoms with van der Waals surface area (Å²) in [5, 5.41) is 0. The molecule has 0 radical (unpaired) electrons. The van der Waals surface area contributed by atoms with Gasteiger partial charge in [-0.05, 0) is 37.0 Å². The zero-order chi connectivity index (χ0) is 16.4. The predicted octanol–water partition coefficient (Wildman–Crippen LogP) is 2.03. The van der Waals surface area contributed by atoms with Crippen molar-refractivity contribution >= 4 is 11.9 Å². The maximum Gasteiger partial charge on any atom is 0.225 e. The van der Waals surface area contributed by atoms with E-state index < -0.39 is 0 Å². The summed E-state index contributed by atoms with van der Waals surface area (Å²) in [7, 11) is 0. The summed E-state index contributed by atoms with van der Waals surface area (Å²) < 4.78 is 0. The van der Waals surface area contributed by atoms with Gasteiger partial charge in [0.15, 0.2) is 0 Å². The number of pyridine rings is 1. The topological polar surface area (TPSA) is 62.2 Å². The van der Waals surface area contributed by atoms with Crippen LogP contribution < -0.4 is 4.90 Å². The normalized spacial score (nSPS) is 19.9. The molecule has 2 aromatic rings. The van der Waals surface area contributed by atoms with Crippen LogP contribution in [-0.2, 0) is 11.3 Å². The third-order valence-corrected chi connectivity index (χ3v) is 5.27. The van der Waals surface area contributed by atoms with Crippen LogP contribution in [0.3, 0.4) is 0 Å². The number of nitrogens with zero attached hydrogens (tertiary/aromatic N) is 5. The van der Waals surface area contributed by atoms with Gasteiger partial charge >= 0.3 is 0 Å². The van der Waals surface area contributed by atoms with Crippen LogP contribution in [0.4, 0.5) is 5.95 Å². The standard InChI is InChI=1S/C18H21N5O/c24-16-4-5-18(23(16)14-15-3-1-8-19-13-15)6-11-22(12-7-18)17-20-9-2-10-21-17/h1-3,8-10,13H,4-7,11-12,14H2. The summed E-state index contributed by atoms with van der Waals surface area (Å²) in [4.78, 5) is 29.6. The summed E-state index contributed by atoms with van der Waals surface area (Å²) >= 11 is 0. The van der Waals surface area contributed by atoms with Gasteiger partial charge in [-0.15, -0.1) is 0 Å². The third-order valence-electron chi connectivity index (χ3n) is 5.27. The van der Waals surface area contributed by atoms with Crippen LogP contribution in [0, 0.1) is 0 Å². The van der Waals surface area contributed by atoms with Crippen molar-refractivity contribution in [2.45, 2.75) is 37.8 Å². The zero-order valence-corrected chi connectivity index (χ0v) is 13.6. The van der Waals surface area contributed by atoms with E-state index in [0.29, 0.717) is 13.0 Å². The predicted molar refractivity (Wildman–Crippen MR) is 90.2 cm³/mol. The van der Waals surface area contributed by atoms with Gasteiger partial charge in [0.2, 0.25) is 11.9 Å². The lowest BCUT2D eigenvalue weighted by Gasteiger charge is -2.45. The Labute approximate surface area is 141 Å². The molecule has 0 aliphatic carbocycles. The second-order valence-electron chi connectivity index (χ2n) is 6.60. The molecule has 2 fully saturated rings. The Balaban J connectivity index is 1.49. The van der Waals surface area contributed by atoms with Gasteiger partial charge in [-0.3, -0.25) is 9.78 Å². The molecule has 24 heavy (non-hydrogen) atoms. The molecule has 2 aliphatic heterocycles. The van der Waals surface area contributed by atoms with Crippen molar-refractivity contribution in [3.05, 3.63) is 48.5 Å². The first-order valence-electron chi connectivity index (χ1n) is 8.48. The summed E-state index contributed by atoms with van der Waals surface area (Å²) in [6.07, 6.45) is 10.7. The van der Waals surface area contributed by atoms with Crippen molar-refractivity contribution in [3.63, 3.8) is 0 Å². The smallest absolute Gasteiger partial charge is 0.225 e. The molecule has 1 spiro atoms. The lowest BCUT2D eigenvalue weighted by atomic mass is 9.85. The molecule has 4 rings (SSSR count). The van der Waals surface area contributed by atoms with Gasteiger partial charge in [0.1, 0.15) is 0 Å². The van der Waals surface area contributed by atoms with Crippen LogP contribution in [0.25, 0.3) is 0 Å². The highest BCUT2D eigenvalue weighted by Crippen LogP contribution is 2.40. The first-order valence-corrected chi connectivity index (χ1v) is 8.48. The molecule has 2 aromatic heterocycles. The van der Waals surface area contributed by atoms with Crippen molar-refractivity contribution in [1.82, 2.24) is 19.9 Å². The molecule has 1 amide bonds. The SMILES string of the molecule is O=C1CCC2(CCN(c3ncccn3)CC2)N1Cc1cccnc1. The minimum atomic E-state index is -0.0157. The summed E-state index contributed by atoms with van der Waals surface area (Å²) in [6.45, 7) is 2.44. The summed E-state index contributed by atoms with van der Waals surface area (Å²) in [6, 6.07) is 5.80. The van der Waals surface area contributed by atoms with Gasteiger partial charge in [-0.25, -0.2) is 9.97 Å². The Kier molecular flexibility index (Phi) is 3.88. The number of piperidine rings is 1. The zero-order valence-electron chi connectivity index (χ0n) is 13.6. The van der Waals surface area contributed by atoms with Gasteiger partial charge in [0, 0.05) is 56.4 Å². The lowest BCUT2D eigenvalue weighted by Crippen LogP contribution is -2.53. The number of aromatic nitrogens is 3. The number of rotatable bonds is 3. The van der Waals surface area contributed by atoms with Crippen molar-refractivity contribution in [1.29, 1.82) is 0 Å². The molecular formula is C18H21N5O.